The third kappa shape index (κ3) is 4.90. The normalized spacial score (nSPS) is 10.4. The summed E-state index contributed by atoms with van der Waals surface area (Å²) in [5, 5.41) is 3.04. The van der Waals surface area contributed by atoms with Crippen molar-refractivity contribution in [2.45, 2.75) is 6.92 Å². The molecule has 3 rings (SSSR count). The Labute approximate surface area is 166 Å². The van der Waals surface area contributed by atoms with Crippen molar-refractivity contribution in [3.8, 4) is 11.5 Å². The highest BCUT2D eigenvalue weighted by molar-refractivity contribution is 5.96. The minimum absolute atomic E-state index is 0.115. The van der Waals surface area contributed by atoms with Gasteiger partial charge in [0.05, 0.1) is 0 Å². The Morgan fingerprint density at radius 2 is 1.97 bits per heavy atom. The second kappa shape index (κ2) is 8.88. The van der Waals surface area contributed by atoms with Gasteiger partial charge in [-0.15, -0.1) is 6.58 Å². The molecule has 0 bridgehead atoms. The minimum Gasteiger partial charge on any atom is -0.482 e. The van der Waals surface area contributed by atoms with E-state index in [2.05, 4.69) is 11.9 Å². The van der Waals surface area contributed by atoms with Crippen molar-refractivity contribution < 1.29 is 23.5 Å². The predicted octanol–water partition coefficient (Wildman–Crippen LogP) is 3.00. The summed E-state index contributed by atoms with van der Waals surface area (Å²) in [4.78, 5) is 36.1. The van der Waals surface area contributed by atoms with Gasteiger partial charge in [-0.05, 0) is 36.8 Å². The van der Waals surface area contributed by atoms with Gasteiger partial charge in [0.25, 0.3) is 5.91 Å². The van der Waals surface area contributed by atoms with Crippen LogP contribution in [0.4, 0.5) is 0 Å². The molecule has 0 aliphatic heterocycles. The lowest BCUT2D eigenvalue weighted by Gasteiger charge is -2.09. The smallest absolute Gasteiger partial charge is 0.349 e. The van der Waals surface area contributed by atoms with Crippen LogP contribution in [-0.4, -0.2) is 25.0 Å². The van der Waals surface area contributed by atoms with E-state index >= 15 is 0 Å². The molecule has 0 fully saturated rings. The lowest BCUT2D eigenvalue weighted by molar-refractivity contribution is -0.136. The van der Waals surface area contributed by atoms with E-state index in [1.165, 1.54) is 18.2 Å². The molecule has 0 saturated carbocycles. The highest BCUT2D eigenvalue weighted by atomic mass is 16.6. The number of fused-ring (bicyclic) bond motifs is 1. The fourth-order valence-electron chi connectivity index (χ4n) is 2.59. The van der Waals surface area contributed by atoms with Gasteiger partial charge in [-0.3, -0.25) is 4.79 Å². The first-order valence-corrected chi connectivity index (χ1v) is 8.84. The van der Waals surface area contributed by atoms with Crippen molar-refractivity contribution in [3.63, 3.8) is 0 Å². The molecule has 0 radical (unpaired) electrons. The molecule has 1 amide bonds. The average Bonchev–Trinajstić information content (AvgIpc) is 2.71. The predicted molar refractivity (Wildman–Crippen MR) is 107 cm³/mol. The summed E-state index contributed by atoms with van der Waals surface area (Å²) in [7, 11) is 0. The topological polar surface area (TPSA) is 94.8 Å². The van der Waals surface area contributed by atoms with E-state index < -0.39 is 17.5 Å². The van der Waals surface area contributed by atoms with Gasteiger partial charge in [0.1, 0.15) is 22.6 Å². The minimum atomic E-state index is -0.787. The number of hydrogen-bond acceptors (Lipinski definition) is 6. The lowest BCUT2D eigenvalue weighted by Crippen LogP contribution is -2.28. The number of benzene rings is 2. The Kier molecular flexibility index (Phi) is 6.09. The van der Waals surface area contributed by atoms with E-state index in [-0.39, 0.29) is 30.0 Å². The van der Waals surface area contributed by atoms with Gasteiger partial charge in [0, 0.05) is 18.0 Å². The number of nitrogens with one attached hydrogen (secondary N) is 1. The molecular weight excluding hydrogens is 374 g/mol. The maximum absolute atomic E-state index is 12.1. The van der Waals surface area contributed by atoms with Gasteiger partial charge in [0.2, 0.25) is 0 Å². The summed E-state index contributed by atoms with van der Waals surface area (Å²) in [6.45, 7) is 5.34. The highest BCUT2D eigenvalue weighted by Gasteiger charge is 2.14. The molecule has 7 heteroatoms. The number of para-hydroxylation sites is 1. The molecule has 0 unspecified atom stereocenters. The highest BCUT2D eigenvalue weighted by Crippen LogP contribution is 2.21. The van der Waals surface area contributed by atoms with E-state index in [4.69, 9.17) is 13.9 Å². The number of rotatable bonds is 7. The van der Waals surface area contributed by atoms with E-state index in [0.29, 0.717) is 11.1 Å². The van der Waals surface area contributed by atoms with Gasteiger partial charge < -0.3 is 19.2 Å². The molecule has 2 aromatic carbocycles. The van der Waals surface area contributed by atoms with Crippen LogP contribution in [0.2, 0.25) is 0 Å². The van der Waals surface area contributed by atoms with Crippen LogP contribution >= 0.6 is 0 Å². The summed E-state index contributed by atoms with van der Waals surface area (Å²) in [6.07, 6.45) is 1.50. The number of hydrogen-bond donors (Lipinski definition) is 1. The van der Waals surface area contributed by atoms with E-state index in [1.54, 1.807) is 18.2 Å². The molecule has 0 atom stereocenters. The summed E-state index contributed by atoms with van der Waals surface area (Å²) in [5.41, 5.74) is 0.197. The molecule has 29 heavy (non-hydrogen) atoms. The zero-order chi connectivity index (χ0) is 20.8. The summed E-state index contributed by atoms with van der Waals surface area (Å²) in [5.74, 6) is -0.362. The number of esters is 1. The number of carbonyl (C=O) groups excluding carboxylic acids is 2. The van der Waals surface area contributed by atoms with E-state index in [0.717, 1.165) is 5.56 Å². The average molecular weight is 393 g/mol. The molecule has 0 spiro atoms. The van der Waals surface area contributed by atoms with Crippen molar-refractivity contribution in [3.05, 3.63) is 82.7 Å². The third-order valence-corrected chi connectivity index (χ3v) is 4.03. The first-order chi connectivity index (χ1) is 14.0. The van der Waals surface area contributed by atoms with Gasteiger partial charge in [0.15, 0.2) is 6.61 Å². The molecule has 7 nitrogen and oxygen atoms in total. The molecule has 0 aliphatic rings. The molecule has 1 aromatic heterocycles. The van der Waals surface area contributed by atoms with Crippen LogP contribution in [0.15, 0.2) is 70.4 Å². The number of ether oxygens (including phenoxy) is 2. The van der Waals surface area contributed by atoms with E-state index in [9.17, 15) is 14.4 Å². The quantitative estimate of drug-likeness (QED) is 0.287. The second-order valence-corrected chi connectivity index (χ2v) is 6.17. The zero-order valence-electron chi connectivity index (χ0n) is 15.8. The Balaban J connectivity index is 1.71. The van der Waals surface area contributed by atoms with Gasteiger partial charge in [-0.25, -0.2) is 9.59 Å². The lowest BCUT2D eigenvalue weighted by atomic mass is 10.1. The molecule has 1 N–H and O–H groups in total. The third-order valence-electron chi connectivity index (χ3n) is 4.03. The van der Waals surface area contributed by atoms with Crippen LogP contribution < -0.4 is 20.4 Å². The van der Waals surface area contributed by atoms with Crippen LogP contribution in [0.5, 0.6) is 11.5 Å². The van der Waals surface area contributed by atoms with Crippen molar-refractivity contribution >= 4 is 22.8 Å². The van der Waals surface area contributed by atoms with Crippen LogP contribution in [0.3, 0.4) is 0 Å². The Hall–Kier alpha value is -3.87. The SMILES string of the molecule is C=CCNC(=O)c1cc2ccc(OC(=O)COc3ccccc3C)cc2oc1=O. The monoisotopic (exact) mass is 393 g/mol. The Bertz CT molecular complexity index is 1130. The first kappa shape index (κ1) is 19.9. The zero-order valence-corrected chi connectivity index (χ0v) is 15.8. The summed E-state index contributed by atoms with van der Waals surface area (Å²) < 4.78 is 15.9. The largest absolute Gasteiger partial charge is 0.482 e. The van der Waals surface area contributed by atoms with Crippen molar-refractivity contribution in [1.29, 1.82) is 0 Å². The molecule has 3 aromatic rings. The fraction of sp³-hybridized carbons (Fsp3) is 0.136. The Morgan fingerprint density at radius 3 is 2.72 bits per heavy atom. The number of carbonyl (C=O) groups is 2. The van der Waals surface area contributed by atoms with Crippen LogP contribution in [0.1, 0.15) is 15.9 Å². The van der Waals surface area contributed by atoms with Gasteiger partial charge in [-0.2, -0.15) is 0 Å². The maximum Gasteiger partial charge on any atom is 0.349 e. The van der Waals surface area contributed by atoms with Crippen molar-refractivity contribution in [2.24, 2.45) is 0 Å². The van der Waals surface area contributed by atoms with Gasteiger partial charge in [-0.1, -0.05) is 24.3 Å². The molecule has 148 valence electrons. The summed E-state index contributed by atoms with van der Waals surface area (Å²) in [6, 6.07) is 13.3. The number of aryl methyl sites for hydroxylation is 1. The van der Waals surface area contributed by atoms with Gasteiger partial charge >= 0.3 is 11.6 Å². The van der Waals surface area contributed by atoms with Crippen LogP contribution in [0, 0.1) is 6.92 Å². The first-order valence-electron chi connectivity index (χ1n) is 8.84. The molecular formula is C22H19NO6. The molecule has 0 aliphatic carbocycles. The van der Waals surface area contributed by atoms with Crippen LogP contribution in [0.25, 0.3) is 11.0 Å². The maximum atomic E-state index is 12.1. The Morgan fingerprint density at radius 1 is 1.17 bits per heavy atom. The number of amides is 1. The van der Waals surface area contributed by atoms with Crippen molar-refractivity contribution in [2.75, 3.05) is 13.2 Å². The van der Waals surface area contributed by atoms with Crippen LogP contribution in [-0.2, 0) is 4.79 Å². The summed E-state index contributed by atoms with van der Waals surface area (Å²) >= 11 is 0. The van der Waals surface area contributed by atoms with E-state index in [1.807, 2.05) is 25.1 Å². The molecule has 1 heterocycles. The standard InChI is InChI=1S/C22H19NO6/c1-3-10-23-21(25)17-11-15-8-9-16(12-19(15)29-22(17)26)28-20(24)13-27-18-7-5-4-6-14(18)2/h3-9,11-12H,1,10,13H2,2H3,(H,23,25). The fourth-order valence-corrected chi connectivity index (χ4v) is 2.59. The molecule has 0 saturated heterocycles. The van der Waals surface area contributed by atoms with Crippen molar-refractivity contribution in [1.82, 2.24) is 5.32 Å². The second-order valence-electron chi connectivity index (χ2n) is 6.17.